The van der Waals surface area contributed by atoms with Gasteiger partial charge in [0.25, 0.3) is 0 Å². The summed E-state index contributed by atoms with van der Waals surface area (Å²) in [7, 11) is -9.93. The molecule has 0 aromatic rings. The topological polar surface area (TPSA) is 237 Å². The molecule has 0 radical (unpaired) electrons. The van der Waals surface area contributed by atoms with Crippen LogP contribution in [0.25, 0.3) is 0 Å². The molecular weight excluding hydrogens is 1370 g/mol. The van der Waals surface area contributed by atoms with Gasteiger partial charge in [-0.2, -0.15) is 0 Å². The number of aliphatic hydroxyl groups is 1. The Labute approximate surface area is 645 Å². The van der Waals surface area contributed by atoms with Gasteiger partial charge in [0.15, 0.2) is 12.2 Å². The fourth-order valence-corrected chi connectivity index (χ4v) is 15.0. The normalized spacial score (nSPS) is 13.8. The van der Waals surface area contributed by atoms with Crippen molar-refractivity contribution in [3.63, 3.8) is 0 Å². The molecule has 0 aromatic heterocycles. The molecule has 2 unspecified atom stereocenters. The number of rotatable bonds is 85. The Morgan fingerprint density at radius 1 is 0.257 bits per heavy atom. The zero-order valence-electron chi connectivity index (χ0n) is 69.0. The Kier molecular flexibility index (Phi) is 76.0. The lowest BCUT2D eigenvalue weighted by Crippen LogP contribution is -2.30. The molecule has 0 rings (SSSR count). The van der Waals surface area contributed by atoms with Crippen LogP contribution in [0.15, 0.2) is 0 Å². The van der Waals surface area contributed by atoms with Gasteiger partial charge < -0.3 is 33.8 Å². The standard InChI is InChI=1S/C86H168O17P2/c1-7-9-11-13-15-17-19-20-21-22-23-24-25-26-27-32-35-40-46-52-58-64-70-85(90)102-82(75-97-84(89)69-63-57-51-45-39-34-31-29-28-30-33-37-42-48-54-60-66-78(3)4)77-101-105(94,95)99-73-80(87)72-98-104(92,93)100-76-81(74-96-83(88)68-62-56-50-44-18-16-14-12-10-8-2)103-86(91)71-65-59-53-47-41-36-38-43-49-55-61-67-79(5)6/h78-82,87H,7-77H2,1-6H3,(H,92,93)(H,94,95)/t80-,81+,82+/m0/s1. The SMILES string of the molecule is CCCCCCCCCCCCCCCCCCCCCCCCC(=O)O[C@H](COC(=O)CCCCCCCCCCCCCCCCCCC(C)C)COP(=O)(O)OC[C@@H](O)COP(=O)(O)OC[C@@H](COC(=O)CCCCCCCCCCCC)OC(=O)CCCCCCCCCCCCCC(C)C. The third-order valence-corrected chi connectivity index (χ3v) is 22.1. The summed E-state index contributed by atoms with van der Waals surface area (Å²) in [6, 6.07) is 0. The van der Waals surface area contributed by atoms with Crippen molar-refractivity contribution in [2.75, 3.05) is 39.6 Å². The Morgan fingerprint density at radius 2 is 0.438 bits per heavy atom. The number of esters is 4. The molecule has 0 fully saturated rings. The van der Waals surface area contributed by atoms with Crippen LogP contribution in [0.2, 0.25) is 0 Å². The molecule has 19 heteroatoms. The van der Waals surface area contributed by atoms with Gasteiger partial charge >= 0.3 is 39.5 Å². The number of unbranched alkanes of at least 4 members (excludes halogenated alkanes) is 55. The van der Waals surface area contributed by atoms with Crippen LogP contribution < -0.4 is 0 Å². The number of aliphatic hydroxyl groups excluding tert-OH is 1. The maximum atomic E-state index is 13.1. The van der Waals surface area contributed by atoms with E-state index in [0.717, 1.165) is 102 Å². The van der Waals surface area contributed by atoms with E-state index in [-0.39, 0.29) is 25.7 Å². The van der Waals surface area contributed by atoms with Crippen molar-refractivity contribution < 1.29 is 80.2 Å². The van der Waals surface area contributed by atoms with Gasteiger partial charge in [-0.25, -0.2) is 9.13 Å². The smallest absolute Gasteiger partial charge is 0.462 e. The summed E-state index contributed by atoms with van der Waals surface area (Å²) >= 11 is 0. The molecule has 0 aliphatic rings. The van der Waals surface area contributed by atoms with Crippen LogP contribution in [0.4, 0.5) is 0 Å². The number of carbonyl (C=O) groups excluding carboxylic acids is 4. The molecule has 0 saturated carbocycles. The lowest BCUT2D eigenvalue weighted by molar-refractivity contribution is -0.161. The zero-order valence-corrected chi connectivity index (χ0v) is 70.8. The highest BCUT2D eigenvalue weighted by atomic mass is 31.2. The van der Waals surface area contributed by atoms with E-state index in [1.807, 2.05) is 0 Å². The zero-order chi connectivity index (χ0) is 77.1. The molecule has 624 valence electrons. The molecule has 0 amide bonds. The molecule has 105 heavy (non-hydrogen) atoms. The quantitative estimate of drug-likeness (QED) is 0.0222. The average molecular weight is 1540 g/mol. The average Bonchev–Trinajstić information content (AvgIpc) is 0.908. The first-order valence-electron chi connectivity index (χ1n) is 44.5. The summed E-state index contributed by atoms with van der Waals surface area (Å²) in [5, 5.41) is 10.7. The largest absolute Gasteiger partial charge is 0.472 e. The number of carbonyl (C=O) groups is 4. The van der Waals surface area contributed by atoms with Crippen LogP contribution in [0.1, 0.15) is 459 Å². The molecule has 0 aromatic carbocycles. The molecule has 17 nitrogen and oxygen atoms in total. The van der Waals surface area contributed by atoms with Crippen LogP contribution in [0, 0.1) is 11.8 Å². The number of phosphoric ester groups is 2. The van der Waals surface area contributed by atoms with Crippen molar-refractivity contribution in [3.8, 4) is 0 Å². The highest BCUT2D eigenvalue weighted by Crippen LogP contribution is 2.45. The van der Waals surface area contributed by atoms with Gasteiger partial charge in [-0.05, 0) is 37.5 Å². The summed E-state index contributed by atoms with van der Waals surface area (Å²) in [5.41, 5.74) is 0. The van der Waals surface area contributed by atoms with Crippen molar-refractivity contribution in [1.82, 2.24) is 0 Å². The van der Waals surface area contributed by atoms with E-state index < -0.39 is 97.5 Å². The fraction of sp³-hybridized carbons (Fsp3) is 0.953. The minimum absolute atomic E-state index is 0.107. The van der Waals surface area contributed by atoms with E-state index in [1.54, 1.807) is 0 Å². The Hall–Kier alpha value is -1.94. The first kappa shape index (κ1) is 103. The minimum Gasteiger partial charge on any atom is -0.462 e. The van der Waals surface area contributed by atoms with Crippen molar-refractivity contribution in [3.05, 3.63) is 0 Å². The predicted molar refractivity (Wildman–Crippen MR) is 432 cm³/mol. The highest BCUT2D eigenvalue weighted by molar-refractivity contribution is 7.47. The van der Waals surface area contributed by atoms with Crippen molar-refractivity contribution >= 4 is 39.5 Å². The molecule has 0 aliphatic heterocycles. The summed E-state index contributed by atoms with van der Waals surface area (Å²) in [5.74, 6) is -0.525. The predicted octanol–water partition coefficient (Wildman–Crippen LogP) is 26.2. The van der Waals surface area contributed by atoms with Crippen molar-refractivity contribution in [2.45, 2.75) is 477 Å². The molecule has 0 spiro atoms. The summed E-state index contributed by atoms with van der Waals surface area (Å²) in [6.45, 7) is 9.69. The van der Waals surface area contributed by atoms with Gasteiger partial charge in [-0.1, -0.05) is 408 Å². The Bertz CT molecular complexity index is 2010. The van der Waals surface area contributed by atoms with E-state index in [2.05, 4.69) is 41.5 Å². The van der Waals surface area contributed by atoms with Crippen LogP contribution in [0.3, 0.4) is 0 Å². The molecule has 5 atom stereocenters. The summed E-state index contributed by atoms with van der Waals surface area (Å²) < 4.78 is 68.9. The van der Waals surface area contributed by atoms with Gasteiger partial charge in [0, 0.05) is 25.7 Å². The molecule has 0 aliphatic carbocycles. The summed E-state index contributed by atoms with van der Waals surface area (Å²) in [4.78, 5) is 73.2. The maximum Gasteiger partial charge on any atom is 0.472 e. The van der Waals surface area contributed by atoms with Crippen LogP contribution in [0.5, 0.6) is 0 Å². The number of ether oxygens (including phenoxy) is 4. The second-order valence-corrected chi connectivity index (χ2v) is 34.8. The third-order valence-electron chi connectivity index (χ3n) is 20.2. The van der Waals surface area contributed by atoms with Gasteiger partial charge in [-0.15, -0.1) is 0 Å². The minimum atomic E-state index is -4.97. The van der Waals surface area contributed by atoms with Gasteiger partial charge in [0.1, 0.15) is 19.3 Å². The van der Waals surface area contributed by atoms with E-state index in [0.29, 0.717) is 25.7 Å². The lowest BCUT2D eigenvalue weighted by atomic mass is 10.0. The maximum absolute atomic E-state index is 13.1. The third kappa shape index (κ3) is 79.9. The Morgan fingerprint density at radius 3 is 0.648 bits per heavy atom. The van der Waals surface area contributed by atoms with Gasteiger partial charge in [0.05, 0.1) is 26.4 Å². The number of phosphoric acid groups is 2. The van der Waals surface area contributed by atoms with Crippen LogP contribution >= 0.6 is 15.6 Å². The first-order chi connectivity index (χ1) is 50.9. The van der Waals surface area contributed by atoms with E-state index >= 15 is 0 Å². The van der Waals surface area contributed by atoms with Gasteiger partial charge in [0.2, 0.25) is 0 Å². The molecule has 0 saturated heterocycles. The second kappa shape index (κ2) is 77.4. The van der Waals surface area contributed by atoms with E-state index in [1.165, 1.54) is 276 Å². The molecular formula is C86H168O17P2. The van der Waals surface area contributed by atoms with Crippen LogP contribution in [-0.2, 0) is 65.4 Å². The summed E-state index contributed by atoms with van der Waals surface area (Å²) in [6.07, 6.45) is 69.5. The fourth-order valence-electron chi connectivity index (χ4n) is 13.4. The monoisotopic (exact) mass is 1540 g/mol. The second-order valence-electron chi connectivity index (χ2n) is 31.9. The molecule has 0 bridgehead atoms. The van der Waals surface area contributed by atoms with E-state index in [4.69, 9.17) is 37.0 Å². The molecule has 0 heterocycles. The van der Waals surface area contributed by atoms with E-state index in [9.17, 15) is 43.2 Å². The number of hydrogen-bond acceptors (Lipinski definition) is 15. The Balaban J connectivity index is 5.21. The van der Waals surface area contributed by atoms with Gasteiger partial charge in [-0.3, -0.25) is 37.3 Å². The van der Waals surface area contributed by atoms with Crippen molar-refractivity contribution in [1.29, 1.82) is 0 Å². The molecule has 3 N–H and O–H groups in total. The lowest BCUT2D eigenvalue weighted by Gasteiger charge is -2.21. The first-order valence-corrected chi connectivity index (χ1v) is 47.5. The highest BCUT2D eigenvalue weighted by Gasteiger charge is 2.30. The number of hydrogen-bond donors (Lipinski definition) is 3. The van der Waals surface area contributed by atoms with Crippen molar-refractivity contribution in [2.24, 2.45) is 11.8 Å². The van der Waals surface area contributed by atoms with Crippen LogP contribution in [-0.4, -0.2) is 96.7 Å².